The first-order valence-electron chi connectivity index (χ1n) is 6.71. The van der Waals surface area contributed by atoms with Crippen molar-refractivity contribution >= 4 is 40.9 Å². The summed E-state index contributed by atoms with van der Waals surface area (Å²) >= 11 is 2.78. The number of esters is 1. The van der Waals surface area contributed by atoms with Crippen molar-refractivity contribution < 1.29 is 19.1 Å². The van der Waals surface area contributed by atoms with Gasteiger partial charge in [-0.05, 0) is 18.4 Å². The summed E-state index contributed by atoms with van der Waals surface area (Å²) in [6.07, 6.45) is 1.26. The first-order chi connectivity index (χ1) is 10.6. The molecule has 22 heavy (non-hydrogen) atoms. The number of thiophene rings is 1. The lowest BCUT2D eigenvalue weighted by molar-refractivity contribution is -0.137. The summed E-state index contributed by atoms with van der Waals surface area (Å²) in [5.41, 5.74) is 0. The Bertz CT molecular complexity index is 584. The lowest BCUT2D eigenvalue weighted by Crippen LogP contribution is -2.37. The second kappa shape index (κ2) is 8.00. The third-order valence-electron chi connectivity index (χ3n) is 2.78. The zero-order valence-corrected chi connectivity index (χ0v) is 13.7. The molecule has 2 heterocycles. The maximum absolute atomic E-state index is 11.9. The molecule has 2 rings (SSSR count). The predicted molar refractivity (Wildman–Crippen MR) is 85.1 cm³/mol. The number of amides is 2. The summed E-state index contributed by atoms with van der Waals surface area (Å²) in [6.45, 7) is 2.31. The first-order valence-corrected chi connectivity index (χ1v) is 8.57. The summed E-state index contributed by atoms with van der Waals surface area (Å²) in [5.74, 6) is -0.738. The molecule has 1 aromatic rings. The van der Waals surface area contributed by atoms with Crippen molar-refractivity contribution in [1.29, 1.82) is 0 Å². The summed E-state index contributed by atoms with van der Waals surface area (Å²) < 4.78 is 4.82. The average Bonchev–Trinajstić information content (AvgIpc) is 3.10. The van der Waals surface area contributed by atoms with Crippen LogP contribution in [-0.4, -0.2) is 41.6 Å². The molecule has 0 atom stereocenters. The van der Waals surface area contributed by atoms with Gasteiger partial charge in [-0.3, -0.25) is 14.5 Å². The zero-order valence-electron chi connectivity index (χ0n) is 12.0. The van der Waals surface area contributed by atoms with Gasteiger partial charge >= 0.3 is 5.97 Å². The van der Waals surface area contributed by atoms with Gasteiger partial charge in [0, 0.05) is 4.88 Å². The number of rotatable bonds is 6. The fourth-order valence-corrected chi connectivity index (χ4v) is 3.36. The third kappa shape index (κ3) is 4.60. The number of hydrogen-bond donors (Lipinski definition) is 1. The van der Waals surface area contributed by atoms with Crippen LogP contribution in [0.2, 0.25) is 0 Å². The van der Waals surface area contributed by atoms with Gasteiger partial charge in [-0.15, -0.1) is 11.3 Å². The molecule has 0 radical (unpaired) electrons. The van der Waals surface area contributed by atoms with Crippen LogP contribution in [0, 0.1) is 0 Å². The van der Waals surface area contributed by atoms with Crippen LogP contribution in [0.15, 0.2) is 28.6 Å². The maximum Gasteiger partial charge on any atom is 0.333 e. The number of hydrogen-bond acceptors (Lipinski definition) is 6. The van der Waals surface area contributed by atoms with E-state index in [9.17, 15) is 14.4 Å². The van der Waals surface area contributed by atoms with Gasteiger partial charge < -0.3 is 10.1 Å². The molecular weight excluding hydrogens is 324 g/mol. The van der Waals surface area contributed by atoms with Crippen LogP contribution in [-0.2, 0) is 25.7 Å². The fourth-order valence-electron chi connectivity index (χ4n) is 1.78. The summed E-state index contributed by atoms with van der Waals surface area (Å²) in [4.78, 5) is 37.6. The first kappa shape index (κ1) is 16.6. The molecule has 6 nitrogen and oxygen atoms in total. The molecule has 1 saturated heterocycles. The van der Waals surface area contributed by atoms with Gasteiger partial charge in [-0.1, -0.05) is 17.8 Å². The molecule has 0 saturated carbocycles. The van der Waals surface area contributed by atoms with Crippen LogP contribution in [0.4, 0.5) is 0 Å². The van der Waals surface area contributed by atoms with Crippen molar-refractivity contribution in [3.8, 4) is 0 Å². The van der Waals surface area contributed by atoms with E-state index in [1.54, 1.807) is 18.3 Å². The van der Waals surface area contributed by atoms with Gasteiger partial charge in [0.2, 0.25) is 11.8 Å². The highest BCUT2D eigenvalue weighted by atomic mass is 32.2. The molecule has 1 aliphatic rings. The lowest BCUT2D eigenvalue weighted by atomic mass is 10.4. The van der Waals surface area contributed by atoms with E-state index in [4.69, 9.17) is 4.74 Å². The standard InChI is InChI=1S/C14H16N2O4S2/c1-2-20-14(19)6-13-16(12(18)9-22-13)8-11(17)15-7-10-4-3-5-21-10/h3-6H,2,7-9H2,1H3,(H,15,17). The highest BCUT2D eigenvalue weighted by Crippen LogP contribution is 2.28. The Hall–Kier alpha value is -1.80. The molecule has 0 unspecified atom stereocenters. The maximum atomic E-state index is 11.9. The Kier molecular flexibility index (Phi) is 6.02. The molecule has 0 aromatic carbocycles. The molecule has 8 heteroatoms. The monoisotopic (exact) mass is 340 g/mol. The van der Waals surface area contributed by atoms with Crippen molar-refractivity contribution in [3.05, 3.63) is 33.5 Å². The minimum absolute atomic E-state index is 0.0948. The third-order valence-corrected chi connectivity index (χ3v) is 4.68. The van der Waals surface area contributed by atoms with Gasteiger partial charge in [0.05, 0.1) is 30.0 Å². The Balaban J connectivity index is 1.91. The van der Waals surface area contributed by atoms with E-state index in [0.717, 1.165) is 4.88 Å². The summed E-state index contributed by atoms with van der Waals surface area (Å²) in [6, 6.07) is 3.83. The van der Waals surface area contributed by atoms with Crippen LogP contribution in [0.25, 0.3) is 0 Å². The van der Waals surface area contributed by atoms with Gasteiger partial charge in [0.25, 0.3) is 0 Å². The summed E-state index contributed by atoms with van der Waals surface area (Å²) in [7, 11) is 0. The van der Waals surface area contributed by atoms with E-state index in [1.165, 1.54) is 22.7 Å². The minimum Gasteiger partial charge on any atom is -0.463 e. The van der Waals surface area contributed by atoms with Gasteiger partial charge in [-0.2, -0.15) is 0 Å². The lowest BCUT2D eigenvalue weighted by Gasteiger charge is -2.16. The van der Waals surface area contributed by atoms with E-state index in [0.29, 0.717) is 11.6 Å². The van der Waals surface area contributed by atoms with Crippen LogP contribution in [0.5, 0.6) is 0 Å². The molecule has 2 amide bonds. The molecule has 1 aromatic heterocycles. The highest BCUT2D eigenvalue weighted by Gasteiger charge is 2.29. The van der Waals surface area contributed by atoms with Gasteiger partial charge in [0.1, 0.15) is 6.54 Å². The van der Waals surface area contributed by atoms with Crippen LogP contribution >= 0.6 is 23.1 Å². The van der Waals surface area contributed by atoms with Crippen LogP contribution in [0.3, 0.4) is 0 Å². The number of carbonyl (C=O) groups is 3. The second-order valence-corrected chi connectivity index (χ2v) is 6.39. The van der Waals surface area contributed by atoms with Crippen molar-refractivity contribution in [3.63, 3.8) is 0 Å². The van der Waals surface area contributed by atoms with E-state index in [2.05, 4.69) is 5.32 Å². The zero-order chi connectivity index (χ0) is 15.9. The minimum atomic E-state index is -0.510. The number of nitrogens with one attached hydrogen (secondary N) is 1. The van der Waals surface area contributed by atoms with E-state index in [1.807, 2.05) is 17.5 Å². The Morgan fingerprint density at radius 3 is 3.00 bits per heavy atom. The van der Waals surface area contributed by atoms with Crippen molar-refractivity contribution in [2.45, 2.75) is 13.5 Å². The van der Waals surface area contributed by atoms with Crippen molar-refractivity contribution in [2.24, 2.45) is 0 Å². The van der Waals surface area contributed by atoms with Crippen LogP contribution in [0.1, 0.15) is 11.8 Å². The highest BCUT2D eigenvalue weighted by molar-refractivity contribution is 8.04. The SMILES string of the molecule is CCOC(=O)C=C1SCC(=O)N1CC(=O)NCc1cccs1. The van der Waals surface area contributed by atoms with E-state index >= 15 is 0 Å². The van der Waals surface area contributed by atoms with Gasteiger partial charge in [0.15, 0.2) is 0 Å². The van der Waals surface area contributed by atoms with Crippen molar-refractivity contribution in [1.82, 2.24) is 10.2 Å². The molecule has 0 spiro atoms. The molecule has 0 bridgehead atoms. The number of ether oxygens (including phenoxy) is 1. The molecule has 118 valence electrons. The predicted octanol–water partition coefficient (Wildman–Crippen LogP) is 1.34. The number of thioether (sulfide) groups is 1. The van der Waals surface area contributed by atoms with Gasteiger partial charge in [-0.25, -0.2) is 4.79 Å². The van der Waals surface area contributed by atoms with E-state index in [-0.39, 0.29) is 30.7 Å². The molecular formula is C14H16N2O4S2. The van der Waals surface area contributed by atoms with Crippen molar-refractivity contribution in [2.75, 3.05) is 18.9 Å². The normalized spacial score (nSPS) is 16.1. The Morgan fingerprint density at radius 1 is 1.50 bits per heavy atom. The Morgan fingerprint density at radius 2 is 2.32 bits per heavy atom. The number of nitrogens with zero attached hydrogens (tertiary/aromatic N) is 1. The van der Waals surface area contributed by atoms with E-state index < -0.39 is 5.97 Å². The molecule has 0 aliphatic carbocycles. The molecule has 1 fully saturated rings. The summed E-state index contributed by atoms with van der Waals surface area (Å²) in [5, 5.41) is 5.14. The largest absolute Gasteiger partial charge is 0.463 e. The molecule has 1 aliphatic heterocycles. The quantitative estimate of drug-likeness (QED) is 0.625. The smallest absolute Gasteiger partial charge is 0.333 e. The Labute approximate surface area is 136 Å². The average molecular weight is 340 g/mol. The number of carbonyl (C=O) groups excluding carboxylic acids is 3. The second-order valence-electron chi connectivity index (χ2n) is 4.36. The molecule has 1 N–H and O–H groups in total. The van der Waals surface area contributed by atoms with Crippen LogP contribution < -0.4 is 5.32 Å². The fraction of sp³-hybridized carbons (Fsp3) is 0.357. The topological polar surface area (TPSA) is 75.7 Å².